The van der Waals surface area contributed by atoms with Crippen LogP contribution in [0.15, 0.2) is 6.20 Å². The molecule has 1 saturated heterocycles. The zero-order chi connectivity index (χ0) is 13.0. The minimum absolute atomic E-state index is 0.142. The summed E-state index contributed by atoms with van der Waals surface area (Å²) in [6.07, 6.45) is 5.26. The van der Waals surface area contributed by atoms with E-state index in [1.165, 1.54) is 6.42 Å². The number of hydrogen-bond donors (Lipinski definition) is 1. The first-order chi connectivity index (χ1) is 8.70. The van der Waals surface area contributed by atoms with Crippen molar-refractivity contribution in [3.8, 4) is 0 Å². The van der Waals surface area contributed by atoms with Gasteiger partial charge >= 0.3 is 0 Å². The second kappa shape index (κ2) is 5.95. The Labute approximate surface area is 107 Å². The highest BCUT2D eigenvalue weighted by molar-refractivity contribution is 5.76. The molecule has 100 valence electrons. The molecule has 0 spiro atoms. The molecule has 1 N–H and O–H groups in total. The molecule has 0 aliphatic carbocycles. The molecular weight excluding hydrogens is 230 g/mol. The van der Waals surface area contributed by atoms with E-state index in [2.05, 4.69) is 22.6 Å². The Morgan fingerprint density at radius 3 is 3.11 bits per heavy atom. The minimum Gasteiger partial charge on any atom is -0.338 e. The number of rotatable bonds is 4. The van der Waals surface area contributed by atoms with Crippen LogP contribution >= 0.6 is 0 Å². The summed E-state index contributed by atoms with van der Waals surface area (Å²) in [5.41, 5.74) is 0.858. The van der Waals surface area contributed by atoms with Gasteiger partial charge in [0.25, 0.3) is 0 Å². The van der Waals surface area contributed by atoms with Crippen molar-refractivity contribution >= 4 is 5.91 Å². The molecule has 2 rings (SSSR count). The third kappa shape index (κ3) is 3.07. The quantitative estimate of drug-likeness (QED) is 0.841. The average molecular weight is 251 g/mol. The van der Waals surface area contributed by atoms with E-state index >= 15 is 0 Å². The van der Waals surface area contributed by atoms with Gasteiger partial charge in [-0.1, -0.05) is 5.21 Å². The molecule has 6 heteroatoms. The van der Waals surface area contributed by atoms with Gasteiger partial charge in [0.1, 0.15) is 6.54 Å². The third-order valence-corrected chi connectivity index (χ3v) is 3.36. The Morgan fingerprint density at radius 2 is 2.39 bits per heavy atom. The van der Waals surface area contributed by atoms with E-state index in [0.717, 1.165) is 25.1 Å². The molecule has 2 heterocycles. The molecule has 0 aromatic carbocycles. The summed E-state index contributed by atoms with van der Waals surface area (Å²) in [6.45, 7) is 3.96. The first-order valence-electron chi connectivity index (χ1n) is 6.54. The molecule has 18 heavy (non-hydrogen) atoms. The van der Waals surface area contributed by atoms with Gasteiger partial charge in [0.05, 0.1) is 11.9 Å². The zero-order valence-electron chi connectivity index (χ0n) is 11.1. The van der Waals surface area contributed by atoms with Crippen molar-refractivity contribution < 1.29 is 4.79 Å². The second-order valence-electron chi connectivity index (χ2n) is 4.87. The van der Waals surface area contributed by atoms with Gasteiger partial charge in [-0.2, -0.15) is 0 Å². The topological polar surface area (TPSA) is 63.1 Å². The summed E-state index contributed by atoms with van der Waals surface area (Å²) in [4.78, 5) is 14.1. The molecule has 0 saturated carbocycles. The van der Waals surface area contributed by atoms with Crippen molar-refractivity contribution in [2.45, 2.75) is 45.3 Å². The van der Waals surface area contributed by atoms with Crippen molar-refractivity contribution in [3.63, 3.8) is 0 Å². The smallest absolute Gasteiger partial charge is 0.244 e. The number of nitrogens with zero attached hydrogens (tertiary/aromatic N) is 4. The van der Waals surface area contributed by atoms with Crippen LogP contribution in [0, 0.1) is 0 Å². The van der Waals surface area contributed by atoms with Gasteiger partial charge in [-0.25, -0.2) is 4.68 Å². The first-order valence-corrected chi connectivity index (χ1v) is 6.54. The van der Waals surface area contributed by atoms with Gasteiger partial charge in [0.15, 0.2) is 0 Å². The molecule has 6 nitrogen and oxygen atoms in total. The van der Waals surface area contributed by atoms with Crippen LogP contribution in [0.5, 0.6) is 0 Å². The van der Waals surface area contributed by atoms with Gasteiger partial charge in [-0.05, 0) is 33.2 Å². The van der Waals surface area contributed by atoms with E-state index in [-0.39, 0.29) is 5.91 Å². The monoisotopic (exact) mass is 251 g/mol. The molecule has 1 aromatic rings. The van der Waals surface area contributed by atoms with Crippen molar-refractivity contribution in [1.82, 2.24) is 25.2 Å². The number of likely N-dealkylation sites (tertiary alicyclic amines) is 1. The lowest BCUT2D eigenvalue weighted by molar-refractivity contribution is -0.135. The Kier molecular flexibility index (Phi) is 4.30. The Bertz CT molecular complexity index is 403. The zero-order valence-corrected chi connectivity index (χ0v) is 11.1. The van der Waals surface area contributed by atoms with E-state index < -0.39 is 0 Å². The van der Waals surface area contributed by atoms with E-state index in [9.17, 15) is 4.79 Å². The molecule has 1 unspecified atom stereocenters. The molecule has 0 bridgehead atoms. The first kappa shape index (κ1) is 13.0. The van der Waals surface area contributed by atoms with E-state index in [0.29, 0.717) is 19.1 Å². The van der Waals surface area contributed by atoms with E-state index in [1.807, 2.05) is 18.1 Å². The standard InChI is InChI=1S/C12H21N5O/c1-10-5-3-4-6-17(10)12(18)9-16-8-11(7-13-2)14-15-16/h8,10,13H,3-7,9H2,1-2H3. The summed E-state index contributed by atoms with van der Waals surface area (Å²) in [5, 5.41) is 11.0. The Morgan fingerprint density at radius 1 is 1.56 bits per heavy atom. The highest BCUT2D eigenvalue weighted by Gasteiger charge is 2.23. The van der Waals surface area contributed by atoms with Gasteiger partial charge in [-0.3, -0.25) is 4.79 Å². The lowest BCUT2D eigenvalue weighted by Gasteiger charge is -2.33. The maximum Gasteiger partial charge on any atom is 0.244 e. The number of nitrogens with one attached hydrogen (secondary N) is 1. The number of carbonyl (C=O) groups is 1. The highest BCUT2D eigenvalue weighted by atomic mass is 16.2. The van der Waals surface area contributed by atoms with Crippen LogP contribution in [0.3, 0.4) is 0 Å². The number of aromatic nitrogens is 3. The largest absolute Gasteiger partial charge is 0.338 e. The van der Waals surface area contributed by atoms with Crippen LogP contribution < -0.4 is 5.32 Å². The fourth-order valence-electron chi connectivity index (χ4n) is 2.38. The predicted octanol–water partition coefficient (Wildman–Crippen LogP) is 0.398. The van der Waals surface area contributed by atoms with Gasteiger partial charge in [-0.15, -0.1) is 5.10 Å². The number of piperidine rings is 1. The summed E-state index contributed by atoms with van der Waals surface area (Å²) in [5.74, 6) is 0.142. The summed E-state index contributed by atoms with van der Waals surface area (Å²) in [6, 6.07) is 0.353. The molecular formula is C12H21N5O. The molecule has 1 amide bonds. The van der Waals surface area contributed by atoms with Crippen molar-refractivity contribution in [3.05, 3.63) is 11.9 Å². The molecule has 1 fully saturated rings. The lowest BCUT2D eigenvalue weighted by atomic mass is 10.0. The van der Waals surface area contributed by atoms with Crippen molar-refractivity contribution in [2.75, 3.05) is 13.6 Å². The third-order valence-electron chi connectivity index (χ3n) is 3.36. The normalized spacial score (nSPS) is 20.1. The van der Waals surface area contributed by atoms with Crippen LogP contribution in [-0.2, 0) is 17.9 Å². The van der Waals surface area contributed by atoms with Crippen LogP contribution in [0.4, 0.5) is 0 Å². The fraction of sp³-hybridized carbons (Fsp3) is 0.750. The second-order valence-corrected chi connectivity index (χ2v) is 4.87. The predicted molar refractivity (Wildman–Crippen MR) is 67.8 cm³/mol. The maximum absolute atomic E-state index is 12.2. The summed E-state index contributed by atoms with van der Waals surface area (Å²) < 4.78 is 1.62. The number of amides is 1. The van der Waals surface area contributed by atoms with Crippen LogP contribution in [0.25, 0.3) is 0 Å². The lowest BCUT2D eigenvalue weighted by Crippen LogP contribution is -2.43. The molecule has 1 aliphatic heterocycles. The fourth-order valence-corrected chi connectivity index (χ4v) is 2.38. The molecule has 1 aliphatic rings. The Balaban J connectivity index is 1.93. The summed E-state index contributed by atoms with van der Waals surface area (Å²) >= 11 is 0. The van der Waals surface area contributed by atoms with Crippen LogP contribution in [0.1, 0.15) is 31.9 Å². The van der Waals surface area contributed by atoms with E-state index in [4.69, 9.17) is 0 Å². The minimum atomic E-state index is 0.142. The van der Waals surface area contributed by atoms with Gasteiger partial charge in [0.2, 0.25) is 5.91 Å². The summed E-state index contributed by atoms with van der Waals surface area (Å²) in [7, 11) is 1.86. The average Bonchev–Trinajstić information content (AvgIpc) is 2.77. The molecule has 0 radical (unpaired) electrons. The Hall–Kier alpha value is -1.43. The van der Waals surface area contributed by atoms with Crippen LogP contribution in [-0.4, -0.2) is 45.4 Å². The molecule has 1 atom stereocenters. The highest BCUT2D eigenvalue weighted by Crippen LogP contribution is 2.16. The van der Waals surface area contributed by atoms with Gasteiger partial charge in [0, 0.05) is 19.1 Å². The van der Waals surface area contributed by atoms with Crippen LogP contribution in [0.2, 0.25) is 0 Å². The van der Waals surface area contributed by atoms with Crippen molar-refractivity contribution in [2.24, 2.45) is 0 Å². The van der Waals surface area contributed by atoms with Crippen molar-refractivity contribution in [1.29, 1.82) is 0 Å². The van der Waals surface area contributed by atoms with Gasteiger partial charge < -0.3 is 10.2 Å². The van der Waals surface area contributed by atoms with E-state index in [1.54, 1.807) is 4.68 Å². The molecule has 1 aromatic heterocycles. The maximum atomic E-state index is 12.2. The number of carbonyl (C=O) groups excluding carboxylic acids is 1. The SMILES string of the molecule is CNCc1cn(CC(=O)N2CCCCC2C)nn1. The number of hydrogen-bond acceptors (Lipinski definition) is 4.